The van der Waals surface area contributed by atoms with Crippen molar-refractivity contribution in [2.75, 3.05) is 18.5 Å². The second-order valence-corrected chi connectivity index (χ2v) is 7.72. The van der Waals surface area contributed by atoms with Gasteiger partial charge in [0.15, 0.2) is 17.3 Å². The molecule has 4 rings (SSSR count). The number of benzene rings is 1. The van der Waals surface area contributed by atoms with Crippen LogP contribution in [0, 0.1) is 0 Å². The topological polar surface area (TPSA) is 89.8 Å². The molecule has 3 aromatic rings. The molecule has 29 heavy (non-hydrogen) atoms. The number of anilines is 1. The van der Waals surface area contributed by atoms with Gasteiger partial charge in [0.05, 0.1) is 34.4 Å². The predicted molar refractivity (Wildman–Crippen MR) is 109 cm³/mol. The summed E-state index contributed by atoms with van der Waals surface area (Å²) in [5.74, 6) is 0.700. The van der Waals surface area contributed by atoms with Crippen molar-refractivity contribution < 1.29 is 23.5 Å². The summed E-state index contributed by atoms with van der Waals surface area (Å²) < 4.78 is 16.3. The first kappa shape index (κ1) is 19.4. The van der Waals surface area contributed by atoms with Crippen LogP contribution in [-0.2, 0) is 6.54 Å². The Labute approximate surface area is 175 Å². The largest absolute Gasteiger partial charge is 0.489 e. The van der Waals surface area contributed by atoms with Gasteiger partial charge in [-0.2, -0.15) is 0 Å². The van der Waals surface area contributed by atoms with Crippen molar-refractivity contribution in [2.24, 2.45) is 0 Å². The summed E-state index contributed by atoms with van der Waals surface area (Å²) in [5.41, 5.74) is 0.801. The number of amides is 2. The lowest BCUT2D eigenvalue weighted by molar-refractivity contribution is 0.0953. The van der Waals surface area contributed by atoms with Gasteiger partial charge in [-0.25, -0.2) is 0 Å². The summed E-state index contributed by atoms with van der Waals surface area (Å²) in [6.07, 6.45) is 2.21. The van der Waals surface area contributed by atoms with Crippen LogP contribution in [0.1, 0.15) is 32.2 Å². The predicted octanol–water partition coefficient (Wildman–Crippen LogP) is 4.34. The van der Waals surface area contributed by atoms with E-state index in [1.807, 2.05) is 6.07 Å². The Morgan fingerprint density at radius 1 is 1.10 bits per heavy atom. The zero-order chi connectivity index (χ0) is 20.2. The zero-order valence-electron chi connectivity index (χ0n) is 15.2. The second-order valence-electron chi connectivity index (χ2n) is 6.23. The molecule has 2 amide bonds. The van der Waals surface area contributed by atoms with Gasteiger partial charge in [0.2, 0.25) is 0 Å². The molecule has 3 heterocycles. The van der Waals surface area contributed by atoms with E-state index in [0.717, 1.165) is 12.0 Å². The minimum atomic E-state index is -0.370. The van der Waals surface area contributed by atoms with E-state index in [-0.39, 0.29) is 24.1 Å². The van der Waals surface area contributed by atoms with E-state index in [2.05, 4.69) is 10.6 Å². The van der Waals surface area contributed by atoms with E-state index in [9.17, 15) is 9.59 Å². The summed E-state index contributed by atoms with van der Waals surface area (Å²) >= 11 is 7.46. The molecule has 150 valence electrons. The van der Waals surface area contributed by atoms with Gasteiger partial charge in [-0.1, -0.05) is 11.6 Å². The number of carbonyl (C=O) groups excluding carboxylic acids is 2. The van der Waals surface area contributed by atoms with Gasteiger partial charge in [-0.05, 0) is 42.0 Å². The monoisotopic (exact) mass is 432 g/mol. The lowest BCUT2D eigenvalue weighted by atomic mass is 10.2. The number of carbonyl (C=O) groups is 2. The van der Waals surface area contributed by atoms with Gasteiger partial charge in [0.1, 0.15) is 0 Å². The molecule has 1 aliphatic rings. The van der Waals surface area contributed by atoms with E-state index < -0.39 is 0 Å². The van der Waals surface area contributed by atoms with Gasteiger partial charge >= 0.3 is 0 Å². The molecule has 1 aliphatic heterocycles. The zero-order valence-corrected chi connectivity index (χ0v) is 16.8. The van der Waals surface area contributed by atoms with Crippen molar-refractivity contribution in [3.63, 3.8) is 0 Å². The van der Waals surface area contributed by atoms with Crippen LogP contribution in [-0.4, -0.2) is 25.0 Å². The first-order chi connectivity index (χ1) is 14.1. The molecule has 7 nitrogen and oxygen atoms in total. The molecule has 0 radical (unpaired) electrons. The van der Waals surface area contributed by atoms with Gasteiger partial charge in [0.25, 0.3) is 11.8 Å². The third-order valence-electron chi connectivity index (χ3n) is 4.13. The van der Waals surface area contributed by atoms with Crippen LogP contribution in [0.15, 0.2) is 47.1 Å². The quantitative estimate of drug-likeness (QED) is 0.626. The van der Waals surface area contributed by atoms with E-state index in [1.165, 1.54) is 17.6 Å². The van der Waals surface area contributed by atoms with Gasteiger partial charge < -0.3 is 24.5 Å². The minimum Gasteiger partial charge on any atom is -0.489 e. The molecule has 0 unspecified atom stereocenters. The average Bonchev–Trinajstić information content (AvgIpc) is 3.35. The molecule has 1 aromatic carbocycles. The van der Waals surface area contributed by atoms with Crippen molar-refractivity contribution in [3.8, 4) is 11.5 Å². The summed E-state index contributed by atoms with van der Waals surface area (Å²) in [7, 11) is 0. The van der Waals surface area contributed by atoms with E-state index in [4.69, 9.17) is 25.5 Å². The highest BCUT2D eigenvalue weighted by Crippen LogP contribution is 2.38. The molecule has 9 heteroatoms. The highest BCUT2D eigenvalue weighted by Gasteiger charge is 2.17. The fourth-order valence-corrected chi connectivity index (χ4v) is 3.87. The van der Waals surface area contributed by atoms with Crippen LogP contribution in [0.2, 0.25) is 5.02 Å². The summed E-state index contributed by atoms with van der Waals surface area (Å²) in [5, 5.41) is 6.55. The molecule has 0 atom stereocenters. The fourth-order valence-electron chi connectivity index (χ4n) is 2.76. The van der Waals surface area contributed by atoms with Crippen LogP contribution >= 0.6 is 22.9 Å². The Bertz CT molecular complexity index is 1030. The fraction of sp³-hybridized carbons (Fsp3) is 0.200. The number of hydrogen-bond acceptors (Lipinski definition) is 6. The van der Waals surface area contributed by atoms with E-state index in [0.29, 0.717) is 39.6 Å². The Kier molecular flexibility index (Phi) is 5.73. The van der Waals surface area contributed by atoms with Crippen molar-refractivity contribution in [1.29, 1.82) is 0 Å². The molecule has 0 fully saturated rings. The second kappa shape index (κ2) is 8.59. The molecule has 0 saturated heterocycles. The average molecular weight is 433 g/mol. The highest BCUT2D eigenvalue weighted by atomic mass is 35.5. The van der Waals surface area contributed by atoms with Crippen molar-refractivity contribution in [2.45, 2.75) is 13.0 Å². The molecular weight excluding hydrogens is 416 g/mol. The summed E-state index contributed by atoms with van der Waals surface area (Å²) in [6.45, 7) is 1.39. The summed E-state index contributed by atoms with van der Waals surface area (Å²) in [4.78, 5) is 24.9. The van der Waals surface area contributed by atoms with Crippen LogP contribution in [0.4, 0.5) is 5.00 Å². The highest BCUT2D eigenvalue weighted by molar-refractivity contribution is 7.18. The first-order valence-electron chi connectivity index (χ1n) is 8.91. The summed E-state index contributed by atoms with van der Waals surface area (Å²) in [6, 6.07) is 10.1. The molecular formula is C20H17ClN2O5S. The Morgan fingerprint density at radius 3 is 2.79 bits per heavy atom. The maximum atomic E-state index is 12.5. The minimum absolute atomic E-state index is 0.204. The third-order valence-corrected chi connectivity index (χ3v) is 5.41. The Hall–Kier alpha value is -2.97. The third kappa shape index (κ3) is 4.55. The first-order valence-corrected chi connectivity index (χ1v) is 10.1. The van der Waals surface area contributed by atoms with Crippen molar-refractivity contribution in [1.82, 2.24) is 5.32 Å². The number of rotatable bonds is 5. The Balaban J connectivity index is 1.38. The number of ether oxygens (including phenoxy) is 2. The SMILES string of the molecule is O=C(Nc1ccc(C(=O)NCc2cc(Cl)c3c(c2)OCCCO3)s1)c1ccco1. The number of fused-ring (bicyclic) bond motifs is 1. The normalized spacial score (nSPS) is 12.9. The molecule has 2 aromatic heterocycles. The number of halogens is 1. The number of thiophene rings is 1. The van der Waals surface area contributed by atoms with Crippen molar-refractivity contribution >= 4 is 39.8 Å². The van der Waals surface area contributed by atoms with E-state index in [1.54, 1.807) is 30.3 Å². The number of furan rings is 1. The lowest BCUT2D eigenvalue weighted by Crippen LogP contribution is -2.21. The van der Waals surface area contributed by atoms with Crippen LogP contribution in [0.5, 0.6) is 11.5 Å². The van der Waals surface area contributed by atoms with Crippen LogP contribution in [0.25, 0.3) is 0 Å². The molecule has 0 saturated carbocycles. The maximum absolute atomic E-state index is 12.5. The molecule has 2 N–H and O–H groups in total. The van der Waals surface area contributed by atoms with Gasteiger partial charge in [-0.3, -0.25) is 9.59 Å². The molecule has 0 bridgehead atoms. The molecule has 0 aliphatic carbocycles. The smallest absolute Gasteiger partial charge is 0.291 e. The van der Waals surface area contributed by atoms with Gasteiger partial charge in [0, 0.05) is 13.0 Å². The number of nitrogens with one attached hydrogen (secondary N) is 2. The molecule has 0 spiro atoms. The number of hydrogen-bond donors (Lipinski definition) is 2. The lowest BCUT2D eigenvalue weighted by Gasteiger charge is -2.12. The standard InChI is InChI=1S/C20H17ClN2O5S/c21-13-9-12(10-15-18(13)28-8-2-7-27-15)11-22-20(25)16-4-5-17(29-16)23-19(24)14-3-1-6-26-14/h1,3-6,9-10H,2,7-8,11H2,(H,22,25)(H,23,24). The maximum Gasteiger partial charge on any atom is 0.291 e. The van der Waals surface area contributed by atoms with E-state index >= 15 is 0 Å². The van der Waals surface area contributed by atoms with Crippen LogP contribution < -0.4 is 20.1 Å². The Morgan fingerprint density at radius 2 is 1.97 bits per heavy atom. The van der Waals surface area contributed by atoms with Crippen molar-refractivity contribution in [3.05, 3.63) is 63.9 Å². The van der Waals surface area contributed by atoms with Gasteiger partial charge in [-0.15, -0.1) is 11.3 Å². The van der Waals surface area contributed by atoms with Crippen LogP contribution in [0.3, 0.4) is 0 Å².